The van der Waals surface area contributed by atoms with Crippen LogP contribution in [0.4, 0.5) is 0 Å². The van der Waals surface area contributed by atoms with Gasteiger partial charge in [-0.2, -0.15) is 0 Å². The average molecular weight is 333 g/mol. The summed E-state index contributed by atoms with van der Waals surface area (Å²) in [6, 6.07) is 4.18. The van der Waals surface area contributed by atoms with Crippen molar-refractivity contribution < 1.29 is 9.47 Å². The van der Waals surface area contributed by atoms with Crippen LogP contribution < -0.4 is 14.8 Å². The first-order valence-corrected chi connectivity index (χ1v) is 8.57. The summed E-state index contributed by atoms with van der Waals surface area (Å²) in [6.07, 6.45) is 2.09. The van der Waals surface area contributed by atoms with Crippen molar-refractivity contribution in [3.63, 3.8) is 0 Å². The van der Waals surface area contributed by atoms with Crippen LogP contribution in [0.2, 0.25) is 0 Å². The number of nitrogens with one attached hydrogen (secondary N) is 1. The number of benzene rings is 1. The lowest BCUT2D eigenvalue weighted by Crippen LogP contribution is -2.44. The molecule has 0 amide bonds. The molecule has 0 unspecified atom stereocenters. The van der Waals surface area contributed by atoms with Gasteiger partial charge in [0.15, 0.2) is 17.5 Å². The molecule has 134 valence electrons. The van der Waals surface area contributed by atoms with Gasteiger partial charge >= 0.3 is 0 Å². The van der Waals surface area contributed by atoms with Crippen LogP contribution in [0.5, 0.6) is 11.5 Å². The van der Waals surface area contributed by atoms with E-state index in [0.29, 0.717) is 5.41 Å². The predicted molar refractivity (Wildman–Crippen MR) is 99.1 cm³/mol. The van der Waals surface area contributed by atoms with E-state index in [1.54, 1.807) is 14.2 Å². The fourth-order valence-corrected chi connectivity index (χ4v) is 2.95. The third kappa shape index (κ3) is 4.56. The third-order valence-corrected chi connectivity index (χ3v) is 4.39. The molecule has 2 rings (SSSR count). The molecule has 0 aromatic heterocycles. The highest BCUT2D eigenvalue weighted by Gasteiger charge is 2.22. The van der Waals surface area contributed by atoms with Crippen LogP contribution in [0.25, 0.3) is 0 Å². The first-order valence-electron chi connectivity index (χ1n) is 8.57. The maximum absolute atomic E-state index is 5.44. The van der Waals surface area contributed by atoms with E-state index in [-0.39, 0.29) is 0 Å². The monoisotopic (exact) mass is 333 g/mol. The zero-order valence-electron chi connectivity index (χ0n) is 15.9. The second kappa shape index (κ2) is 7.77. The van der Waals surface area contributed by atoms with Gasteiger partial charge in [0.05, 0.1) is 14.2 Å². The van der Waals surface area contributed by atoms with E-state index in [1.807, 2.05) is 7.05 Å². The number of hydrogen-bond donors (Lipinski definition) is 1. The summed E-state index contributed by atoms with van der Waals surface area (Å²) >= 11 is 0. The standard InChI is InChI=1S/C19H31N3O2/c1-19(2,3)8-9-21-18(20-4)22-10-7-14-11-16(23-5)17(24-6)12-15(14)13-22/h11-12H,7-10,13H2,1-6H3,(H,20,21). The minimum absolute atomic E-state index is 0.324. The fourth-order valence-electron chi connectivity index (χ4n) is 2.95. The van der Waals surface area contributed by atoms with E-state index in [4.69, 9.17) is 9.47 Å². The van der Waals surface area contributed by atoms with Crippen LogP contribution in [-0.4, -0.2) is 45.2 Å². The predicted octanol–water partition coefficient (Wildman–Crippen LogP) is 3.07. The van der Waals surface area contributed by atoms with Gasteiger partial charge in [0.1, 0.15) is 0 Å². The molecule has 0 spiro atoms. The molecule has 0 bridgehead atoms. The van der Waals surface area contributed by atoms with Gasteiger partial charge in [0, 0.05) is 26.7 Å². The van der Waals surface area contributed by atoms with E-state index in [9.17, 15) is 0 Å². The van der Waals surface area contributed by atoms with Crippen LogP contribution in [0.1, 0.15) is 38.3 Å². The van der Waals surface area contributed by atoms with Gasteiger partial charge in [-0.1, -0.05) is 20.8 Å². The Kier molecular flexibility index (Phi) is 5.97. The molecule has 24 heavy (non-hydrogen) atoms. The minimum Gasteiger partial charge on any atom is -0.493 e. The molecule has 1 aliphatic heterocycles. The molecule has 0 atom stereocenters. The van der Waals surface area contributed by atoms with Gasteiger partial charge < -0.3 is 19.7 Å². The molecule has 5 heteroatoms. The van der Waals surface area contributed by atoms with Gasteiger partial charge in [-0.3, -0.25) is 4.99 Å². The van der Waals surface area contributed by atoms with Crippen molar-refractivity contribution in [2.75, 3.05) is 34.4 Å². The van der Waals surface area contributed by atoms with Crippen molar-refractivity contribution in [1.82, 2.24) is 10.2 Å². The van der Waals surface area contributed by atoms with Crippen molar-refractivity contribution in [2.45, 2.75) is 40.2 Å². The van der Waals surface area contributed by atoms with E-state index >= 15 is 0 Å². The Morgan fingerprint density at radius 3 is 2.33 bits per heavy atom. The number of rotatable bonds is 4. The number of nitrogens with zero attached hydrogens (tertiary/aromatic N) is 2. The van der Waals surface area contributed by atoms with E-state index in [0.717, 1.165) is 49.9 Å². The summed E-state index contributed by atoms with van der Waals surface area (Å²) in [4.78, 5) is 6.76. The zero-order chi connectivity index (χ0) is 17.7. The Balaban J connectivity index is 2.07. The summed E-state index contributed by atoms with van der Waals surface area (Å²) in [7, 11) is 5.21. The van der Waals surface area contributed by atoms with Crippen molar-refractivity contribution in [1.29, 1.82) is 0 Å². The van der Waals surface area contributed by atoms with Crippen LogP contribution in [0.15, 0.2) is 17.1 Å². The van der Waals surface area contributed by atoms with E-state index in [1.165, 1.54) is 11.1 Å². The smallest absolute Gasteiger partial charge is 0.193 e. The maximum Gasteiger partial charge on any atom is 0.193 e. The Morgan fingerprint density at radius 2 is 1.79 bits per heavy atom. The summed E-state index contributed by atoms with van der Waals surface area (Å²) < 4.78 is 10.8. The molecule has 0 fully saturated rings. The van der Waals surface area contributed by atoms with Gasteiger partial charge in [-0.05, 0) is 41.5 Å². The highest BCUT2D eigenvalue weighted by molar-refractivity contribution is 5.80. The third-order valence-electron chi connectivity index (χ3n) is 4.39. The molecule has 1 aromatic rings. The normalized spacial score (nSPS) is 15.1. The highest BCUT2D eigenvalue weighted by Crippen LogP contribution is 2.33. The summed E-state index contributed by atoms with van der Waals surface area (Å²) in [6.45, 7) is 9.50. The Labute approximate surface area is 146 Å². The minimum atomic E-state index is 0.324. The molecule has 0 radical (unpaired) electrons. The molecule has 1 aromatic carbocycles. The second-order valence-electron chi connectivity index (χ2n) is 7.43. The number of hydrogen-bond acceptors (Lipinski definition) is 3. The van der Waals surface area contributed by atoms with Crippen molar-refractivity contribution >= 4 is 5.96 Å². The molecule has 0 saturated carbocycles. The maximum atomic E-state index is 5.44. The van der Waals surface area contributed by atoms with E-state index in [2.05, 4.69) is 48.1 Å². The van der Waals surface area contributed by atoms with Gasteiger partial charge in [-0.15, -0.1) is 0 Å². The van der Waals surface area contributed by atoms with Gasteiger partial charge in [0.25, 0.3) is 0 Å². The molecular weight excluding hydrogens is 302 g/mol. The molecule has 5 nitrogen and oxygen atoms in total. The topological polar surface area (TPSA) is 46.1 Å². The number of guanidine groups is 1. The molecule has 0 aliphatic carbocycles. The van der Waals surface area contributed by atoms with Gasteiger partial charge in [-0.25, -0.2) is 0 Å². The van der Waals surface area contributed by atoms with Crippen LogP contribution in [0, 0.1) is 5.41 Å². The number of fused-ring (bicyclic) bond motifs is 1. The summed E-state index contributed by atoms with van der Waals surface area (Å²) in [5, 5.41) is 3.50. The molecule has 1 aliphatic rings. The number of ether oxygens (including phenoxy) is 2. The summed E-state index contributed by atoms with van der Waals surface area (Å²) in [5.41, 5.74) is 2.93. The van der Waals surface area contributed by atoms with Crippen LogP contribution in [0.3, 0.4) is 0 Å². The Hall–Kier alpha value is -1.91. The van der Waals surface area contributed by atoms with Crippen molar-refractivity contribution in [3.8, 4) is 11.5 Å². The molecule has 1 heterocycles. The highest BCUT2D eigenvalue weighted by atomic mass is 16.5. The van der Waals surface area contributed by atoms with Crippen LogP contribution in [-0.2, 0) is 13.0 Å². The number of methoxy groups -OCH3 is 2. The Bertz CT molecular complexity index is 591. The van der Waals surface area contributed by atoms with Crippen molar-refractivity contribution in [2.24, 2.45) is 10.4 Å². The Morgan fingerprint density at radius 1 is 1.17 bits per heavy atom. The fraction of sp³-hybridized carbons (Fsp3) is 0.632. The summed E-state index contributed by atoms with van der Waals surface area (Å²) in [5.74, 6) is 2.56. The quantitative estimate of drug-likeness (QED) is 0.679. The lowest BCUT2D eigenvalue weighted by molar-refractivity contribution is 0.342. The lowest BCUT2D eigenvalue weighted by atomic mass is 9.92. The largest absolute Gasteiger partial charge is 0.493 e. The second-order valence-corrected chi connectivity index (χ2v) is 7.43. The van der Waals surface area contributed by atoms with Gasteiger partial charge in [0.2, 0.25) is 0 Å². The molecule has 0 saturated heterocycles. The molecular formula is C19H31N3O2. The zero-order valence-corrected chi connectivity index (χ0v) is 15.9. The first-order chi connectivity index (χ1) is 11.4. The number of aliphatic imine (C=N–C) groups is 1. The average Bonchev–Trinajstić information content (AvgIpc) is 2.56. The van der Waals surface area contributed by atoms with E-state index < -0.39 is 0 Å². The molecule has 1 N–H and O–H groups in total. The lowest BCUT2D eigenvalue weighted by Gasteiger charge is -2.32. The van der Waals surface area contributed by atoms with Crippen molar-refractivity contribution in [3.05, 3.63) is 23.3 Å². The SMILES string of the molecule is CN=C(NCCC(C)(C)C)N1CCc2cc(OC)c(OC)cc2C1. The first kappa shape index (κ1) is 18.4. The van der Waals surface area contributed by atoms with Crippen LogP contribution >= 0.6 is 0 Å².